The highest BCUT2D eigenvalue weighted by Gasteiger charge is 2.02. The lowest BCUT2D eigenvalue weighted by Gasteiger charge is -1.97. The lowest BCUT2D eigenvalue weighted by atomic mass is 10.2. The lowest BCUT2D eigenvalue weighted by molar-refractivity contribution is 0.807. The average Bonchev–Trinajstić information content (AvgIpc) is 2.34. The molecule has 4 heteroatoms. The van der Waals surface area contributed by atoms with E-state index < -0.39 is 0 Å². The Morgan fingerprint density at radius 2 is 2.42 bits per heavy atom. The summed E-state index contributed by atoms with van der Waals surface area (Å²) in [5.74, 6) is 0.423. The molecule has 1 aromatic rings. The fraction of sp³-hybridized carbons (Fsp3) is 0.500. The van der Waals surface area contributed by atoms with Crippen molar-refractivity contribution in [3.63, 3.8) is 0 Å². The molecule has 12 heavy (non-hydrogen) atoms. The Labute approximate surface area is 76.6 Å². The molecule has 0 amide bonds. The second-order valence-corrected chi connectivity index (χ2v) is 3.34. The average molecular weight is 181 g/mol. The summed E-state index contributed by atoms with van der Waals surface area (Å²) in [6.07, 6.45) is 1.90. The zero-order chi connectivity index (χ0) is 9.14. The number of hydrogen-bond donors (Lipinski definition) is 1. The van der Waals surface area contributed by atoms with Crippen LogP contribution >= 0.6 is 12.2 Å². The van der Waals surface area contributed by atoms with E-state index in [0.29, 0.717) is 17.2 Å². The molecule has 64 valence electrons. The molecular weight excluding hydrogens is 170 g/mol. The summed E-state index contributed by atoms with van der Waals surface area (Å²) in [5, 5.41) is 8.46. The van der Waals surface area contributed by atoms with Crippen LogP contribution < -0.4 is 0 Å². The van der Waals surface area contributed by atoms with Crippen LogP contribution in [0.25, 0.3) is 0 Å². The fourth-order valence-corrected chi connectivity index (χ4v) is 1.18. The standard InChI is InChI=1S/C8H11N3S/c1-6(2)7-5-11(4-3-9)8(12)10-7/h5-6H,4H2,1-2H3,(H,10,12). The van der Waals surface area contributed by atoms with Gasteiger partial charge in [0.05, 0.1) is 6.07 Å². The van der Waals surface area contributed by atoms with Gasteiger partial charge in [0.1, 0.15) is 6.54 Å². The molecule has 3 nitrogen and oxygen atoms in total. The number of aromatic nitrogens is 2. The van der Waals surface area contributed by atoms with Gasteiger partial charge in [0.2, 0.25) is 0 Å². The third-order valence-corrected chi connectivity index (χ3v) is 2.01. The largest absolute Gasteiger partial charge is 0.334 e. The van der Waals surface area contributed by atoms with E-state index in [1.165, 1.54) is 0 Å². The van der Waals surface area contributed by atoms with Crippen LogP contribution in [0.1, 0.15) is 25.5 Å². The molecule has 1 N–H and O–H groups in total. The number of aromatic amines is 1. The first kappa shape index (κ1) is 9.01. The molecule has 1 aromatic heterocycles. The number of nitrogens with one attached hydrogen (secondary N) is 1. The minimum absolute atomic E-state index is 0.321. The molecule has 1 heterocycles. The van der Waals surface area contributed by atoms with E-state index in [4.69, 9.17) is 17.5 Å². The smallest absolute Gasteiger partial charge is 0.178 e. The van der Waals surface area contributed by atoms with E-state index in [1.54, 1.807) is 4.57 Å². The zero-order valence-electron chi connectivity index (χ0n) is 7.16. The summed E-state index contributed by atoms with van der Waals surface area (Å²) in [4.78, 5) is 3.06. The third-order valence-electron chi connectivity index (χ3n) is 1.67. The Morgan fingerprint density at radius 3 is 2.83 bits per heavy atom. The first-order chi connectivity index (χ1) is 5.65. The van der Waals surface area contributed by atoms with Crippen molar-refractivity contribution in [2.24, 2.45) is 0 Å². The summed E-state index contributed by atoms with van der Waals surface area (Å²) < 4.78 is 2.37. The summed E-state index contributed by atoms with van der Waals surface area (Å²) in [7, 11) is 0. The number of nitriles is 1. The quantitative estimate of drug-likeness (QED) is 0.711. The van der Waals surface area contributed by atoms with Crippen LogP contribution in [0.15, 0.2) is 6.20 Å². The van der Waals surface area contributed by atoms with E-state index in [9.17, 15) is 0 Å². The Balaban J connectivity index is 3.02. The molecule has 0 radical (unpaired) electrons. The van der Waals surface area contributed by atoms with Gasteiger partial charge in [0.15, 0.2) is 4.77 Å². The lowest BCUT2D eigenvalue weighted by Crippen LogP contribution is -1.92. The van der Waals surface area contributed by atoms with Gasteiger partial charge in [-0.1, -0.05) is 13.8 Å². The van der Waals surface area contributed by atoms with Crippen LogP contribution in [0.2, 0.25) is 0 Å². The Bertz CT molecular complexity index is 353. The molecule has 0 saturated heterocycles. The molecule has 0 aromatic carbocycles. The summed E-state index contributed by atoms with van der Waals surface area (Å²) >= 11 is 5.01. The van der Waals surface area contributed by atoms with Crippen molar-refractivity contribution in [3.05, 3.63) is 16.7 Å². The van der Waals surface area contributed by atoms with Crippen molar-refractivity contribution in [1.82, 2.24) is 9.55 Å². The zero-order valence-corrected chi connectivity index (χ0v) is 7.98. The molecule has 0 saturated carbocycles. The SMILES string of the molecule is CC(C)c1cn(CC#N)c(=S)[nH]1. The molecule has 0 aliphatic rings. The maximum Gasteiger partial charge on any atom is 0.178 e. The van der Waals surface area contributed by atoms with Gasteiger partial charge in [-0.3, -0.25) is 0 Å². The first-order valence-electron chi connectivity index (χ1n) is 3.81. The van der Waals surface area contributed by atoms with Gasteiger partial charge < -0.3 is 9.55 Å². The van der Waals surface area contributed by atoms with Crippen molar-refractivity contribution in [2.45, 2.75) is 26.3 Å². The molecular formula is C8H11N3S. The van der Waals surface area contributed by atoms with Crippen molar-refractivity contribution >= 4 is 12.2 Å². The summed E-state index contributed by atoms with van der Waals surface area (Å²) in [6.45, 7) is 4.48. The fourth-order valence-electron chi connectivity index (χ4n) is 0.941. The van der Waals surface area contributed by atoms with Crippen LogP contribution in [0, 0.1) is 16.1 Å². The molecule has 1 rings (SSSR count). The predicted octanol–water partition coefficient (Wildman–Crippen LogP) is 2.19. The number of rotatable bonds is 2. The van der Waals surface area contributed by atoms with E-state index in [-0.39, 0.29) is 0 Å². The van der Waals surface area contributed by atoms with Crippen molar-refractivity contribution < 1.29 is 0 Å². The van der Waals surface area contributed by atoms with Gasteiger partial charge in [-0.15, -0.1) is 0 Å². The Hall–Kier alpha value is -1.08. The van der Waals surface area contributed by atoms with Gasteiger partial charge in [-0.2, -0.15) is 5.26 Å². The number of imidazole rings is 1. The van der Waals surface area contributed by atoms with Crippen molar-refractivity contribution in [3.8, 4) is 6.07 Å². The predicted molar refractivity (Wildman–Crippen MR) is 49.3 cm³/mol. The molecule has 0 fully saturated rings. The van der Waals surface area contributed by atoms with Crippen LogP contribution in [-0.4, -0.2) is 9.55 Å². The first-order valence-corrected chi connectivity index (χ1v) is 4.22. The molecule has 0 spiro atoms. The number of hydrogen-bond acceptors (Lipinski definition) is 2. The number of H-pyrrole nitrogens is 1. The highest BCUT2D eigenvalue weighted by molar-refractivity contribution is 7.71. The van der Waals surface area contributed by atoms with Gasteiger partial charge in [0.25, 0.3) is 0 Å². The summed E-state index contributed by atoms with van der Waals surface area (Å²) in [5.41, 5.74) is 1.08. The topological polar surface area (TPSA) is 44.5 Å². The van der Waals surface area contributed by atoms with Gasteiger partial charge in [-0.25, -0.2) is 0 Å². The molecule has 0 atom stereocenters. The second-order valence-electron chi connectivity index (χ2n) is 2.96. The normalized spacial score (nSPS) is 10.2. The van der Waals surface area contributed by atoms with Crippen LogP contribution in [-0.2, 0) is 6.54 Å². The van der Waals surface area contributed by atoms with E-state index in [1.807, 2.05) is 6.20 Å². The second kappa shape index (κ2) is 3.55. The molecule has 0 aliphatic carbocycles. The maximum absolute atomic E-state index is 8.46. The minimum Gasteiger partial charge on any atom is -0.334 e. The molecule has 0 aliphatic heterocycles. The molecule has 0 unspecified atom stereocenters. The van der Waals surface area contributed by atoms with Crippen LogP contribution in [0.3, 0.4) is 0 Å². The van der Waals surface area contributed by atoms with E-state index >= 15 is 0 Å². The Morgan fingerprint density at radius 1 is 1.75 bits per heavy atom. The van der Waals surface area contributed by atoms with Gasteiger partial charge >= 0.3 is 0 Å². The Kier molecular flexibility index (Phi) is 2.66. The highest BCUT2D eigenvalue weighted by Crippen LogP contribution is 2.11. The van der Waals surface area contributed by atoms with Crippen LogP contribution in [0.5, 0.6) is 0 Å². The summed E-state index contributed by atoms with van der Waals surface area (Å²) in [6, 6.07) is 2.05. The van der Waals surface area contributed by atoms with Gasteiger partial charge in [0, 0.05) is 11.9 Å². The highest BCUT2D eigenvalue weighted by atomic mass is 32.1. The van der Waals surface area contributed by atoms with E-state index in [2.05, 4.69) is 24.9 Å². The van der Waals surface area contributed by atoms with Crippen LogP contribution in [0.4, 0.5) is 0 Å². The molecule has 0 bridgehead atoms. The minimum atomic E-state index is 0.321. The van der Waals surface area contributed by atoms with Crippen molar-refractivity contribution in [2.75, 3.05) is 0 Å². The monoisotopic (exact) mass is 181 g/mol. The maximum atomic E-state index is 8.46. The van der Waals surface area contributed by atoms with Gasteiger partial charge in [-0.05, 0) is 18.1 Å². The van der Waals surface area contributed by atoms with E-state index in [0.717, 1.165) is 5.69 Å². The third kappa shape index (κ3) is 1.74. The number of nitrogens with zero attached hydrogens (tertiary/aromatic N) is 2. The van der Waals surface area contributed by atoms with Crippen molar-refractivity contribution in [1.29, 1.82) is 5.26 Å².